The number of nitrogens with zero attached hydrogens (tertiary/aromatic N) is 1. The molecule has 1 amide bonds. The van der Waals surface area contributed by atoms with Gasteiger partial charge in [-0.1, -0.05) is 6.08 Å². The number of rotatable bonds is 1. The molecule has 1 N–H and O–H groups in total. The number of carbonyl (C=O) groups excluding carboxylic acids is 1. The molecule has 0 aliphatic carbocycles. The normalized spacial score (nSPS) is 26.5. The predicted octanol–water partition coefficient (Wildman–Crippen LogP) is 1.40. The van der Waals surface area contributed by atoms with Crippen molar-refractivity contribution in [2.45, 2.75) is 32.5 Å². The Balaban J connectivity index is 2.53. The molecule has 0 aromatic heterocycles. The first kappa shape index (κ1) is 12.0. The molecule has 1 heterocycles. The lowest BCUT2D eigenvalue weighted by Gasteiger charge is -2.24. The minimum absolute atomic E-state index is 0.0440. The third kappa shape index (κ3) is 3.23. The zero-order valence-electron chi connectivity index (χ0n) is 9.56. The maximum atomic E-state index is 11.6. The van der Waals surface area contributed by atoms with E-state index in [1.54, 1.807) is 6.08 Å². The van der Waals surface area contributed by atoms with Gasteiger partial charge in [-0.15, -0.1) is 6.58 Å². The Morgan fingerprint density at radius 2 is 2.13 bits per heavy atom. The molecule has 1 saturated heterocycles. The molecule has 86 valence electrons. The molecule has 0 bridgehead atoms. The number of ether oxygens (including phenoxy) is 1. The topological polar surface area (TPSA) is 49.8 Å². The van der Waals surface area contributed by atoms with Gasteiger partial charge in [-0.2, -0.15) is 0 Å². The van der Waals surface area contributed by atoms with Gasteiger partial charge < -0.3 is 14.7 Å². The summed E-state index contributed by atoms with van der Waals surface area (Å²) in [6, 6.07) is 0. The Labute approximate surface area is 90.5 Å². The van der Waals surface area contributed by atoms with Crippen LogP contribution in [0, 0.1) is 5.92 Å². The fraction of sp³-hybridized carbons (Fsp3) is 0.727. The summed E-state index contributed by atoms with van der Waals surface area (Å²) in [5.74, 6) is -0.0440. The number of hydrogen-bond donors (Lipinski definition) is 1. The average molecular weight is 213 g/mol. The Morgan fingerprint density at radius 1 is 1.53 bits per heavy atom. The SMILES string of the molecule is C=CC1CN(C(=O)OC(C)(C)C)C[C@H]1O. The van der Waals surface area contributed by atoms with Crippen LogP contribution < -0.4 is 0 Å². The van der Waals surface area contributed by atoms with Gasteiger partial charge in [-0.25, -0.2) is 4.79 Å². The van der Waals surface area contributed by atoms with E-state index >= 15 is 0 Å². The second-order valence-corrected chi connectivity index (χ2v) is 4.85. The minimum Gasteiger partial charge on any atom is -0.444 e. The first-order valence-electron chi connectivity index (χ1n) is 5.12. The Morgan fingerprint density at radius 3 is 2.53 bits per heavy atom. The Kier molecular flexibility index (Phi) is 3.39. The van der Waals surface area contributed by atoms with Gasteiger partial charge in [0.1, 0.15) is 5.60 Å². The van der Waals surface area contributed by atoms with Gasteiger partial charge >= 0.3 is 6.09 Å². The quantitative estimate of drug-likeness (QED) is 0.670. The number of amides is 1. The summed E-state index contributed by atoms with van der Waals surface area (Å²) < 4.78 is 5.20. The highest BCUT2D eigenvalue weighted by atomic mass is 16.6. The largest absolute Gasteiger partial charge is 0.444 e. The lowest BCUT2D eigenvalue weighted by Crippen LogP contribution is -2.35. The molecule has 1 fully saturated rings. The standard InChI is InChI=1S/C11H19NO3/c1-5-8-6-12(7-9(8)13)10(14)15-11(2,3)4/h5,8-9,13H,1,6-7H2,2-4H3/t8?,9-/m1/s1. The fourth-order valence-corrected chi connectivity index (χ4v) is 1.52. The second-order valence-electron chi connectivity index (χ2n) is 4.85. The summed E-state index contributed by atoms with van der Waals surface area (Å²) in [6.45, 7) is 9.90. The third-order valence-corrected chi connectivity index (χ3v) is 2.29. The van der Waals surface area contributed by atoms with E-state index in [0.29, 0.717) is 13.1 Å². The highest BCUT2D eigenvalue weighted by molar-refractivity contribution is 5.68. The van der Waals surface area contributed by atoms with E-state index in [4.69, 9.17) is 4.74 Å². The number of β-amino-alcohol motifs (C(OH)–C–C–N with tert-alkyl or cyclic N) is 1. The molecular formula is C11H19NO3. The number of hydrogen-bond acceptors (Lipinski definition) is 3. The van der Waals surface area contributed by atoms with Crippen molar-refractivity contribution >= 4 is 6.09 Å². The number of carbonyl (C=O) groups is 1. The van der Waals surface area contributed by atoms with E-state index in [0.717, 1.165) is 0 Å². The summed E-state index contributed by atoms with van der Waals surface area (Å²) >= 11 is 0. The monoisotopic (exact) mass is 213 g/mol. The summed E-state index contributed by atoms with van der Waals surface area (Å²) in [6.07, 6.45) is 0.788. The zero-order valence-corrected chi connectivity index (χ0v) is 9.56. The van der Waals surface area contributed by atoms with Crippen molar-refractivity contribution in [3.63, 3.8) is 0 Å². The van der Waals surface area contributed by atoms with Crippen molar-refractivity contribution in [2.24, 2.45) is 5.92 Å². The van der Waals surface area contributed by atoms with Gasteiger partial charge in [0.25, 0.3) is 0 Å². The van der Waals surface area contributed by atoms with Crippen LogP contribution in [0.5, 0.6) is 0 Å². The highest BCUT2D eigenvalue weighted by Crippen LogP contribution is 2.20. The molecule has 1 unspecified atom stereocenters. The van der Waals surface area contributed by atoms with Crippen molar-refractivity contribution in [3.8, 4) is 0 Å². The Hall–Kier alpha value is -1.03. The van der Waals surface area contributed by atoms with E-state index in [1.807, 2.05) is 20.8 Å². The number of aliphatic hydroxyl groups excluding tert-OH is 1. The molecule has 15 heavy (non-hydrogen) atoms. The van der Waals surface area contributed by atoms with Gasteiger partial charge in [0.2, 0.25) is 0 Å². The van der Waals surface area contributed by atoms with Crippen LogP contribution in [0.25, 0.3) is 0 Å². The Bertz CT molecular complexity index is 257. The van der Waals surface area contributed by atoms with Crippen molar-refractivity contribution in [1.82, 2.24) is 4.90 Å². The molecule has 0 aromatic rings. The lowest BCUT2D eigenvalue weighted by atomic mass is 10.1. The first-order chi connectivity index (χ1) is 6.83. The molecule has 4 heteroatoms. The van der Waals surface area contributed by atoms with Gasteiger partial charge in [0.05, 0.1) is 12.6 Å². The van der Waals surface area contributed by atoms with E-state index in [2.05, 4.69) is 6.58 Å². The maximum absolute atomic E-state index is 11.6. The first-order valence-corrected chi connectivity index (χ1v) is 5.12. The van der Waals surface area contributed by atoms with Gasteiger partial charge in [-0.05, 0) is 20.8 Å². The van der Waals surface area contributed by atoms with Crippen LogP contribution in [0.1, 0.15) is 20.8 Å². The number of aliphatic hydroxyl groups is 1. The smallest absolute Gasteiger partial charge is 0.410 e. The van der Waals surface area contributed by atoms with E-state index in [-0.39, 0.29) is 12.0 Å². The van der Waals surface area contributed by atoms with E-state index < -0.39 is 11.7 Å². The van der Waals surface area contributed by atoms with Crippen LogP contribution in [-0.2, 0) is 4.74 Å². The molecule has 0 saturated carbocycles. The van der Waals surface area contributed by atoms with E-state index in [1.165, 1.54) is 4.90 Å². The molecule has 0 spiro atoms. The van der Waals surface area contributed by atoms with Crippen molar-refractivity contribution in [1.29, 1.82) is 0 Å². The van der Waals surface area contributed by atoms with Crippen LogP contribution in [0.3, 0.4) is 0 Å². The van der Waals surface area contributed by atoms with Gasteiger partial charge in [0, 0.05) is 12.5 Å². The zero-order chi connectivity index (χ0) is 11.6. The minimum atomic E-state index is -0.519. The van der Waals surface area contributed by atoms with Crippen LogP contribution in [-0.4, -0.2) is 40.9 Å². The van der Waals surface area contributed by atoms with Gasteiger partial charge in [0.15, 0.2) is 0 Å². The predicted molar refractivity (Wildman–Crippen MR) is 57.5 cm³/mol. The molecule has 2 atom stereocenters. The molecule has 1 aliphatic heterocycles. The molecule has 1 aliphatic rings. The fourth-order valence-electron chi connectivity index (χ4n) is 1.52. The number of likely N-dealkylation sites (tertiary alicyclic amines) is 1. The highest BCUT2D eigenvalue weighted by Gasteiger charge is 2.34. The van der Waals surface area contributed by atoms with Crippen LogP contribution in [0.15, 0.2) is 12.7 Å². The molecule has 4 nitrogen and oxygen atoms in total. The van der Waals surface area contributed by atoms with Crippen LogP contribution in [0.2, 0.25) is 0 Å². The van der Waals surface area contributed by atoms with E-state index in [9.17, 15) is 9.90 Å². The van der Waals surface area contributed by atoms with Crippen molar-refractivity contribution < 1.29 is 14.6 Å². The van der Waals surface area contributed by atoms with Crippen LogP contribution >= 0.6 is 0 Å². The van der Waals surface area contributed by atoms with Crippen molar-refractivity contribution in [2.75, 3.05) is 13.1 Å². The molecule has 0 radical (unpaired) electrons. The molecular weight excluding hydrogens is 194 g/mol. The summed E-state index contributed by atoms with van der Waals surface area (Å²) in [4.78, 5) is 13.1. The summed E-state index contributed by atoms with van der Waals surface area (Å²) in [7, 11) is 0. The maximum Gasteiger partial charge on any atom is 0.410 e. The second kappa shape index (κ2) is 4.23. The lowest BCUT2D eigenvalue weighted by molar-refractivity contribution is 0.0270. The molecule has 0 aromatic carbocycles. The average Bonchev–Trinajstić information content (AvgIpc) is 2.43. The summed E-state index contributed by atoms with van der Waals surface area (Å²) in [5.41, 5.74) is -0.492. The third-order valence-electron chi connectivity index (χ3n) is 2.29. The molecule has 1 rings (SSSR count). The summed E-state index contributed by atoms with van der Waals surface area (Å²) in [5, 5.41) is 9.59. The van der Waals surface area contributed by atoms with Crippen molar-refractivity contribution in [3.05, 3.63) is 12.7 Å². The van der Waals surface area contributed by atoms with Gasteiger partial charge in [-0.3, -0.25) is 0 Å². The van der Waals surface area contributed by atoms with Crippen LogP contribution in [0.4, 0.5) is 4.79 Å².